The number of rotatable bonds is 4. The molecule has 0 atom stereocenters. The number of hydrogen-bond donors (Lipinski definition) is 1. The topological polar surface area (TPSA) is 12.0 Å². The van der Waals surface area contributed by atoms with Crippen molar-refractivity contribution in [3.05, 3.63) is 29.3 Å². The van der Waals surface area contributed by atoms with E-state index in [1.807, 2.05) is 0 Å². The predicted molar refractivity (Wildman–Crippen MR) is 59.3 cm³/mol. The lowest BCUT2D eigenvalue weighted by Gasteiger charge is -2.09. The smallest absolute Gasteiger partial charge is 0.0370 e. The van der Waals surface area contributed by atoms with Gasteiger partial charge in [0.15, 0.2) is 0 Å². The third kappa shape index (κ3) is 3.10. The summed E-state index contributed by atoms with van der Waals surface area (Å²) in [7, 11) is 0. The summed E-state index contributed by atoms with van der Waals surface area (Å²) in [5.41, 5.74) is 3.95. The van der Waals surface area contributed by atoms with Crippen LogP contribution < -0.4 is 5.32 Å². The summed E-state index contributed by atoms with van der Waals surface area (Å²) in [6.45, 7) is 7.58. The van der Waals surface area contributed by atoms with E-state index in [1.165, 1.54) is 29.7 Å². The van der Waals surface area contributed by atoms with E-state index in [-0.39, 0.29) is 0 Å². The molecule has 0 aliphatic rings. The molecule has 1 aromatic rings. The third-order valence-electron chi connectivity index (χ3n) is 2.23. The van der Waals surface area contributed by atoms with E-state index >= 15 is 0 Å². The summed E-state index contributed by atoms with van der Waals surface area (Å²) in [6, 6.07) is 6.54. The van der Waals surface area contributed by atoms with Gasteiger partial charge in [0.25, 0.3) is 0 Å². The largest absolute Gasteiger partial charge is 0.385 e. The Labute approximate surface area is 81.2 Å². The Morgan fingerprint density at radius 2 is 2.00 bits per heavy atom. The lowest BCUT2D eigenvalue weighted by molar-refractivity contribution is 0.833. The van der Waals surface area contributed by atoms with Crippen molar-refractivity contribution in [2.45, 2.75) is 33.6 Å². The second-order valence-electron chi connectivity index (χ2n) is 3.60. The number of anilines is 1. The first kappa shape index (κ1) is 10.1. The molecule has 1 heteroatoms. The van der Waals surface area contributed by atoms with Gasteiger partial charge >= 0.3 is 0 Å². The van der Waals surface area contributed by atoms with E-state index in [2.05, 4.69) is 44.3 Å². The molecular formula is C12H19N. The molecular weight excluding hydrogens is 158 g/mol. The van der Waals surface area contributed by atoms with Crippen molar-refractivity contribution in [3.8, 4) is 0 Å². The van der Waals surface area contributed by atoms with Crippen LogP contribution in [0.3, 0.4) is 0 Å². The van der Waals surface area contributed by atoms with Crippen molar-refractivity contribution in [2.24, 2.45) is 0 Å². The van der Waals surface area contributed by atoms with Crippen LogP contribution in [0.5, 0.6) is 0 Å². The molecule has 0 unspecified atom stereocenters. The number of hydrogen-bond acceptors (Lipinski definition) is 1. The van der Waals surface area contributed by atoms with Crippen molar-refractivity contribution >= 4 is 5.69 Å². The summed E-state index contributed by atoms with van der Waals surface area (Å²) in [5.74, 6) is 0. The van der Waals surface area contributed by atoms with Crippen molar-refractivity contribution in [1.82, 2.24) is 0 Å². The Bertz CT molecular complexity index is 266. The van der Waals surface area contributed by atoms with Crippen LogP contribution in [0.2, 0.25) is 0 Å². The fraction of sp³-hybridized carbons (Fsp3) is 0.500. The molecule has 0 radical (unpaired) electrons. The molecule has 0 aliphatic carbocycles. The quantitative estimate of drug-likeness (QED) is 0.694. The number of nitrogens with one attached hydrogen (secondary N) is 1. The summed E-state index contributed by atoms with van der Waals surface area (Å²) in [4.78, 5) is 0. The molecule has 1 rings (SSSR count). The zero-order chi connectivity index (χ0) is 9.68. The van der Waals surface area contributed by atoms with Gasteiger partial charge in [0.1, 0.15) is 0 Å². The highest BCUT2D eigenvalue weighted by molar-refractivity contribution is 5.51. The van der Waals surface area contributed by atoms with Crippen molar-refractivity contribution in [3.63, 3.8) is 0 Å². The fourth-order valence-electron chi connectivity index (χ4n) is 1.41. The van der Waals surface area contributed by atoms with Crippen molar-refractivity contribution in [1.29, 1.82) is 0 Å². The molecule has 0 aromatic heterocycles. The zero-order valence-electron chi connectivity index (χ0n) is 8.85. The summed E-state index contributed by atoms with van der Waals surface area (Å²) >= 11 is 0. The highest BCUT2D eigenvalue weighted by Crippen LogP contribution is 2.15. The first-order valence-electron chi connectivity index (χ1n) is 5.05. The summed E-state index contributed by atoms with van der Waals surface area (Å²) in [5, 5.41) is 3.44. The van der Waals surface area contributed by atoms with Gasteiger partial charge in [-0.05, 0) is 31.9 Å². The van der Waals surface area contributed by atoms with Gasteiger partial charge in [0.2, 0.25) is 0 Å². The number of unbranched alkanes of at least 4 members (excludes halogenated alkanes) is 1. The van der Waals surface area contributed by atoms with Gasteiger partial charge in [0.05, 0.1) is 0 Å². The molecule has 0 aliphatic heterocycles. The molecule has 0 bridgehead atoms. The minimum Gasteiger partial charge on any atom is -0.385 e. The molecule has 1 nitrogen and oxygen atoms in total. The Morgan fingerprint density at radius 3 is 2.62 bits per heavy atom. The summed E-state index contributed by atoms with van der Waals surface area (Å²) < 4.78 is 0. The van der Waals surface area contributed by atoms with Crippen LogP contribution >= 0.6 is 0 Å². The minimum atomic E-state index is 1.08. The first-order chi connectivity index (χ1) is 6.24. The van der Waals surface area contributed by atoms with Crippen molar-refractivity contribution < 1.29 is 0 Å². The zero-order valence-corrected chi connectivity index (χ0v) is 8.85. The van der Waals surface area contributed by atoms with Gasteiger partial charge in [-0.2, -0.15) is 0 Å². The minimum absolute atomic E-state index is 1.08. The van der Waals surface area contributed by atoms with Crippen LogP contribution in [0.4, 0.5) is 5.69 Å². The molecule has 0 saturated carbocycles. The van der Waals surface area contributed by atoms with Crippen LogP contribution in [-0.2, 0) is 0 Å². The van der Waals surface area contributed by atoms with E-state index in [0.29, 0.717) is 0 Å². The second-order valence-corrected chi connectivity index (χ2v) is 3.60. The molecule has 0 fully saturated rings. The average Bonchev–Trinajstić information content (AvgIpc) is 2.09. The van der Waals surface area contributed by atoms with Crippen molar-refractivity contribution in [2.75, 3.05) is 11.9 Å². The fourth-order valence-corrected chi connectivity index (χ4v) is 1.41. The van der Waals surface area contributed by atoms with E-state index in [1.54, 1.807) is 0 Å². The molecule has 0 amide bonds. The summed E-state index contributed by atoms with van der Waals surface area (Å²) in [6.07, 6.45) is 2.49. The van der Waals surface area contributed by atoms with Gasteiger partial charge in [-0.25, -0.2) is 0 Å². The van der Waals surface area contributed by atoms with Gasteiger partial charge in [-0.1, -0.05) is 31.0 Å². The second kappa shape index (κ2) is 4.90. The Morgan fingerprint density at radius 1 is 1.23 bits per heavy atom. The molecule has 0 saturated heterocycles. The standard InChI is InChI=1S/C12H19N/c1-4-5-8-13-12-7-6-10(2)9-11(12)3/h6-7,9,13H,4-5,8H2,1-3H3. The first-order valence-corrected chi connectivity index (χ1v) is 5.05. The predicted octanol–water partition coefficient (Wildman–Crippen LogP) is 3.52. The van der Waals surface area contributed by atoms with Gasteiger partial charge in [-0.3, -0.25) is 0 Å². The molecule has 13 heavy (non-hydrogen) atoms. The molecule has 1 aromatic carbocycles. The van der Waals surface area contributed by atoms with Crippen LogP contribution in [-0.4, -0.2) is 6.54 Å². The number of aryl methyl sites for hydroxylation is 2. The molecule has 0 spiro atoms. The van der Waals surface area contributed by atoms with E-state index in [4.69, 9.17) is 0 Å². The SMILES string of the molecule is CCCCNc1ccc(C)cc1C. The van der Waals surface area contributed by atoms with E-state index in [9.17, 15) is 0 Å². The van der Waals surface area contributed by atoms with Crippen LogP contribution in [0.1, 0.15) is 30.9 Å². The highest BCUT2D eigenvalue weighted by Gasteiger charge is 1.95. The Hall–Kier alpha value is -0.980. The van der Waals surface area contributed by atoms with E-state index < -0.39 is 0 Å². The molecule has 72 valence electrons. The molecule has 1 N–H and O–H groups in total. The lowest BCUT2D eigenvalue weighted by Crippen LogP contribution is -2.02. The van der Waals surface area contributed by atoms with Crippen LogP contribution in [0.25, 0.3) is 0 Å². The monoisotopic (exact) mass is 177 g/mol. The third-order valence-corrected chi connectivity index (χ3v) is 2.23. The average molecular weight is 177 g/mol. The maximum absolute atomic E-state index is 3.44. The van der Waals surface area contributed by atoms with Crippen LogP contribution in [0.15, 0.2) is 18.2 Å². The maximum atomic E-state index is 3.44. The highest BCUT2D eigenvalue weighted by atomic mass is 14.9. The maximum Gasteiger partial charge on any atom is 0.0370 e. The molecule has 0 heterocycles. The van der Waals surface area contributed by atoms with Gasteiger partial charge in [0, 0.05) is 12.2 Å². The lowest BCUT2D eigenvalue weighted by atomic mass is 10.1. The Kier molecular flexibility index (Phi) is 3.81. The van der Waals surface area contributed by atoms with Gasteiger partial charge in [-0.15, -0.1) is 0 Å². The van der Waals surface area contributed by atoms with E-state index in [0.717, 1.165) is 6.54 Å². The number of benzene rings is 1. The normalized spacial score (nSPS) is 10.1. The van der Waals surface area contributed by atoms with Gasteiger partial charge < -0.3 is 5.32 Å². The Balaban J connectivity index is 2.56. The van der Waals surface area contributed by atoms with Crippen LogP contribution in [0, 0.1) is 13.8 Å².